The van der Waals surface area contributed by atoms with E-state index < -0.39 is 11.3 Å². The monoisotopic (exact) mass is 594 g/mol. The molecule has 0 aliphatic carbocycles. The van der Waals surface area contributed by atoms with E-state index in [2.05, 4.69) is 22.3 Å². The smallest absolute Gasteiger partial charge is 0.259 e. The zero-order chi connectivity index (χ0) is 29.9. The maximum atomic E-state index is 13.8. The van der Waals surface area contributed by atoms with Gasteiger partial charge in [-0.25, -0.2) is 9.89 Å². The lowest BCUT2D eigenvalue weighted by molar-refractivity contribution is -0.135. The Morgan fingerprint density at radius 2 is 1.72 bits per heavy atom. The van der Waals surface area contributed by atoms with Gasteiger partial charge in [0.15, 0.2) is 5.17 Å². The number of thioether (sulfide) groups is 1. The average Bonchev–Trinajstić information content (AvgIpc) is 3.36. The van der Waals surface area contributed by atoms with Crippen molar-refractivity contribution in [2.45, 2.75) is 38.0 Å². The molecule has 3 aromatic rings. The van der Waals surface area contributed by atoms with E-state index in [9.17, 15) is 14.4 Å². The first-order valence-electron chi connectivity index (χ1n) is 14.6. The lowest BCUT2D eigenvalue weighted by Crippen LogP contribution is -2.50. The number of aliphatic imine (C=N–C) groups is 2. The Hall–Kier alpha value is -4.44. The predicted octanol–water partition coefficient (Wildman–Crippen LogP) is 4.84. The summed E-state index contributed by atoms with van der Waals surface area (Å²) in [4.78, 5) is 55.6. The summed E-state index contributed by atoms with van der Waals surface area (Å²) in [7, 11) is 0. The molecule has 0 spiro atoms. The van der Waals surface area contributed by atoms with Crippen molar-refractivity contribution in [2.75, 3.05) is 36.4 Å². The number of nitrogens with one attached hydrogen (secondary N) is 1. The highest BCUT2D eigenvalue weighted by Gasteiger charge is 2.43. The molecule has 3 aliphatic heterocycles. The van der Waals surface area contributed by atoms with Crippen LogP contribution < -0.4 is 10.2 Å². The van der Waals surface area contributed by atoms with E-state index in [1.165, 1.54) is 16.7 Å². The minimum absolute atomic E-state index is 0.00463. The molecule has 220 valence electrons. The van der Waals surface area contributed by atoms with Crippen LogP contribution in [0.1, 0.15) is 30.9 Å². The van der Waals surface area contributed by atoms with Gasteiger partial charge in [0, 0.05) is 43.1 Å². The van der Waals surface area contributed by atoms with Crippen molar-refractivity contribution >= 4 is 57.5 Å². The summed E-state index contributed by atoms with van der Waals surface area (Å²) >= 11 is 1.25. The van der Waals surface area contributed by atoms with E-state index in [0.717, 1.165) is 35.6 Å². The van der Waals surface area contributed by atoms with Crippen LogP contribution in [-0.4, -0.2) is 76.0 Å². The number of anilines is 2. The highest BCUT2D eigenvalue weighted by molar-refractivity contribution is 8.15. The van der Waals surface area contributed by atoms with Gasteiger partial charge in [0.25, 0.3) is 5.91 Å². The van der Waals surface area contributed by atoms with Gasteiger partial charge in [-0.05, 0) is 55.3 Å². The van der Waals surface area contributed by atoms with Gasteiger partial charge in [0.05, 0.1) is 17.4 Å². The second-order valence-corrected chi connectivity index (χ2v) is 12.0. The molecular weight excluding hydrogens is 560 g/mol. The van der Waals surface area contributed by atoms with Gasteiger partial charge in [-0.1, -0.05) is 61.2 Å². The molecule has 1 saturated heterocycles. The summed E-state index contributed by atoms with van der Waals surface area (Å²) in [5, 5.41) is 2.91. The third-order valence-electron chi connectivity index (χ3n) is 7.87. The first-order chi connectivity index (χ1) is 20.9. The first-order valence-corrected chi connectivity index (χ1v) is 15.5. The van der Waals surface area contributed by atoms with Crippen molar-refractivity contribution in [2.24, 2.45) is 9.98 Å². The van der Waals surface area contributed by atoms with Crippen LogP contribution in [0.2, 0.25) is 0 Å². The second-order valence-electron chi connectivity index (χ2n) is 10.8. The normalized spacial score (nSPS) is 18.4. The van der Waals surface area contributed by atoms with E-state index >= 15 is 0 Å². The zero-order valence-corrected chi connectivity index (χ0v) is 25.1. The van der Waals surface area contributed by atoms with Crippen LogP contribution in [0.25, 0.3) is 0 Å². The van der Waals surface area contributed by atoms with Crippen LogP contribution in [0.15, 0.2) is 88.8 Å². The molecule has 0 aromatic heterocycles. The van der Waals surface area contributed by atoms with Crippen molar-refractivity contribution in [3.8, 4) is 0 Å². The van der Waals surface area contributed by atoms with E-state index in [1.54, 1.807) is 0 Å². The molecule has 1 fully saturated rings. The highest BCUT2D eigenvalue weighted by Crippen LogP contribution is 2.36. The van der Waals surface area contributed by atoms with Gasteiger partial charge >= 0.3 is 0 Å². The third kappa shape index (κ3) is 6.06. The number of piperazine rings is 1. The summed E-state index contributed by atoms with van der Waals surface area (Å²) in [6.07, 6.45) is 0.531. The summed E-state index contributed by atoms with van der Waals surface area (Å²) < 4.78 is 0. The summed E-state index contributed by atoms with van der Waals surface area (Å²) in [6.45, 7) is 6.56. The predicted molar refractivity (Wildman–Crippen MR) is 172 cm³/mol. The Kier molecular flexibility index (Phi) is 8.29. The van der Waals surface area contributed by atoms with Crippen molar-refractivity contribution in [3.05, 3.63) is 90.0 Å². The van der Waals surface area contributed by atoms with Crippen molar-refractivity contribution < 1.29 is 14.4 Å². The maximum absolute atomic E-state index is 13.8. The largest absolute Gasteiger partial charge is 0.368 e. The Morgan fingerprint density at radius 3 is 2.47 bits per heavy atom. The molecule has 3 aliphatic rings. The molecule has 43 heavy (non-hydrogen) atoms. The van der Waals surface area contributed by atoms with Crippen LogP contribution >= 0.6 is 11.8 Å². The van der Waals surface area contributed by atoms with E-state index in [-0.39, 0.29) is 24.1 Å². The van der Waals surface area contributed by atoms with Gasteiger partial charge in [-0.15, -0.1) is 0 Å². The van der Waals surface area contributed by atoms with Crippen LogP contribution in [0.5, 0.6) is 0 Å². The van der Waals surface area contributed by atoms with Crippen molar-refractivity contribution in [1.29, 1.82) is 0 Å². The molecule has 9 nitrogen and oxygen atoms in total. The quantitative estimate of drug-likeness (QED) is 0.422. The van der Waals surface area contributed by atoms with Gasteiger partial charge in [-0.3, -0.25) is 19.4 Å². The van der Waals surface area contributed by atoms with Crippen LogP contribution in [-0.2, 0) is 14.4 Å². The topological polar surface area (TPSA) is 97.7 Å². The molecule has 0 unspecified atom stereocenters. The van der Waals surface area contributed by atoms with E-state index in [0.29, 0.717) is 36.2 Å². The standard InChI is InChI=1S/C33H34N6O3S/c1-3-28(31(41)34-23-11-9-10-22(2)20-23)43-33-36-26-15-8-7-14-25(26)30-35-27(32(42)39(30)33)21-29(40)38-18-16-37(17-19-38)24-12-5-4-6-13-24/h4-15,20,27-28H,3,16-19,21H2,1-2H3,(H,34,41)/t27-,28+/m1/s1. The van der Waals surface area contributed by atoms with Crippen LogP contribution in [0, 0.1) is 6.92 Å². The summed E-state index contributed by atoms with van der Waals surface area (Å²) in [5.74, 6) is -0.0514. The molecule has 1 N–H and O–H groups in total. The molecule has 3 aromatic carbocycles. The average molecular weight is 595 g/mol. The molecule has 10 heteroatoms. The number of amidine groups is 2. The molecule has 0 saturated carbocycles. The fraction of sp³-hybridized carbons (Fsp3) is 0.303. The molecular formula is C33H34N6O3S. The Labute approximate surface area is 255 Å². The Balaban J connectivity index is 1.17. The van der Waals surface area contributed by atoms with Gasteiger partial charge in [-0.2, -0.15) is 0 Å². The lowest BCUT2D eigenvalue weighted by Gasteiger charge is -2.36. The van der Waals surface area contributed by atoms with E-state index in [4.69, 9.17) is 9.98 Å². The summed E-state index contributed by atoms with van der Waals surface area (Å²) in [6, 6.07) is 24.5. The molecule has 6 rings (SSSR count). The van der Waals surface area contributed by atoms with Crippen LogP contribution in [0.4, 0.5) is 17.1 Å². The number of amides is 3. The number of rotatable bonds is 7. The van der Waals surface area contributed by atoms with Gasteiger partial charge in [0.1, 0.15) is 11.9 Å². The van der Waals surface area contributed by atoms with Crippen molar-refractivity contribution in [3.63, 3.8) is 0 Å². The minimum Gasteiger partial charge on any atom is -0.368 e. The van der Waals surface area contributed by atoms with Gasteiger partial charge in [0.2, 0.25) is 11.8 Å². The van der Waals surface area contributed by atoms with Crippen molar-refractivity contribution in [1.82, 2.24) is 9.80 Å². The minimum atomic E-state index is -0.840. The maximum Gasteiger partial charge on any atom is 0.259 e. The molecule has 0 bridgehead atoms. The number of benzene rings is 3. The fourth-order valence-corrected chi connectivity index (χ4v) is 6.58. The number of aryl methyl sites for hydroxylation is 1. The number of para-hydroxylation sites is 2. The number of carbonyl (C=O) groups is 3. The number of hydrogen-bond donors (Lipinski definition) is 1. The number of nitrogens with zero attached hydrogens (tertiary/aromatic N) is 5. The second kappa shape index (κ2) is 12.4. The number of hydrogen-bond acceptors (Lipinski definition) is 7. The molecule has 0 radical (unpaired) electrons. The number of fused-ring (bicyclic) bond motifs is 3. The lowest BCUT2D eigenvalue weighted by atomic mass is 10.1. The van der Waals surface area contributed by atoms with Crippen LogP contribution in [0.3, 0.4) is 0 Å². The first kappa shape index (κ1) is 28.7. The summed E-state index contributed by atoms with van der Waals surface area (Å²) in [5.41, 5.74) is 4.34. The van der Waals surface area contributed by atoms with E-state index in [1.807, 2.05) is 85.5 Å². The zero-order valence-electron chi connectivity index (χ0n) is 24.3. The molecule has 2 atom stereocenters. The number of carbonyl (C=O) groups excluding carboxylic acids is 3. The van der Waals surface area contributed by atoms with Gasteiger partial charge < -0.3 is 15.1 Å². The third-order valence-corrected chi connectivity index (χ3v) is 9.18. The highest BCUT2D eigenvalue weighted by atomic mass is 32.2. The Bertz CT molecular complexity index is 1600. The molecule has 3 heterocycles. The fourth-order valence-electron chi connectivity index (χ4n) is 5.56. The Morgan fingerprint density at radius 1 is 0.977 bits per heavy atom. The SMILES string of the molecule is CC[C@H](SC1=Nc2ccccc2C2=N[C@H](CC(=O)N3CCN(c4ccccc4)CC3)C(=O)N12)C(=O)Nc1cccc(C)c1. The molecule has 3 amide bonds.